The Morgan fingerprint density at radius 2 is 1.97 bits per heavy atom. The summed E-state index contributed by atoms with van der Waals surface area (Å²) < 4.78 is 27.5. The standard InChI is InChI=1S/C26H32FN3O3/c1-3-25-24(18-29(16-19(2)31)17-23-10-7-15-32-23)26(33-22-13-11-20(27)12-14-22)30(28-25)21-8-5-4-6-9-21/h4-6,8-9,11-14,19,23,31H,3,7,10,15-18H2,1-2H3. The van der Waals surface area contributed by atoms with Gasteiger partial charge in [0.15, 0.2) is 0 Å². The summed E-state index contributed by atoms with van der Waals surface area (Å²) in [6, 6.07) is 15.8. The normalized spacial score (nSPS) is 16.9. The van der Waals surface area contributed by atoms with Crippen molar-refractivity contribution in [2.75, 3.05) is 19.7 Å². The molecule has 1 N–H and O–H groups in total. The van der Waals surface area contributed by atoms with Crippen LogP contribution in [0, 0.1) is 5.82 Å². The van der Waals surface area contributed by atoms with E-state index in [0.717, 1.165) is 49.4 Å². The van der Waals surface area contributed by atoms with Crippen LogP contribution in [0.1, 0.15) is 37.9 Å². The lowest BCUT2D eigenvalue weighted by atomic mass is 10.1. The number of nitrogens with zero attached hydrogens (tertiary/aromatic N) is 3. The van der Waals surface area contributed by atoms with Crippen molar-refractivity contribution in [3.63, 3.8) is 0 Å². The fourth-order valence-corrected chi connectivity index (χ4v) is 4.26. The minimum Gasteiger partial charge on any atom is -0.439 e. The third-order valence-electron chi connectivity index (χ3n) is 5.77. The lowest BCUT2D eigenvalue weighted by molar-refractivity contribution is 0.0500. The van der Waals surface area contributed by atoms with Gasteiger partial charge in [0.05, 0.1) is 29.2 Å². The summed E-state index contributed by atoms with van der Waals surface area (Å²) in [6.07, 6.45) is 2.52. The topological polar surface area (TPSA) is 59.8 Å². The number of hydrogen-bond acceptors (Lipinski definition) is 5. The molecular formula is C26H32FN3O3. The number of ether oxygens (including phenoxy) is 2. The van der Waals surface area contributed by atoms with E-state index in [1.807, 2.05) is 35.0 Å². The van der Waals surface area contributed by atoms with Crippen LogP contribution >= 0.6 is 0 Å². The van der Waals surface area contributed by atoms with Crippen LogP contribution in [0.15, 0.2) is 54.6 Å². The van der Waals surface area contributed by atoms with E-state index in [-0.39, 0.29) is 11.9 Å². The highest BCUT2D eigenvalue weighted by Gasteiger charge is 2.26. The van der Waals surface area contributed by atoms with Crippen molar-refractivity contribution in [3.8, 4) is 17.3 Å². The number of para-hydroxylation sites is 1. The molecule has 2 heterocycles. The maximum atomic E-state index is 13.5. The number of halogens is 1. The minimum absolute atomic E-state index is 0.166. The molecule has 2 aromatic carbocycles. The third kappa shape index (κ3) is 5.99. The van der Waals surface area contributed by atoms with E-state index in [1.54, 1.807) is 19.1 Å². The fraction of sp³-hybridized carbons (Fsp3) is 0.423. The van der Waals surface area contributed by atoms with E-state index in [2.05, 4.69) is 11.8 Å². The molecule has 0 amide bonds. The SMILES string of the molecule is CCc1nn(-c2ccccc2)c(Oc2ccc(F)cc2)c1CN(CC(C)O)CC1CCCO1. The highest BCUT2D eigenvalue weighted by molar-refractivity contribution is 5.43. The van der Waals surface area contributed by atoms with Gasteiger partial charge in [0, 0.05) is 26.2 Å². The monoisotopic (exact) mass is 453 g/mol. The van der Waals surface area contributed by atoms with Crippen LogP contribution < -0.4 is 4.74 Å². The predicted molar refractivity (Wildman–Crippen MR) is 125 cm³/mol. The van der Waals surface area contributed by atoms with Gasteiger partial charge >= 0.3 is 0 Å². The van der Waals surface area contributed by atoms with E-state index < -0.39 is 6.10 Å². The molecule has 1 aliphatic rings. The first-order chi connectivity index (χ1) is 16.0. The number of hydrogen-bond donors (Lipinski definition) is 1. The quantitative estimate of drug-likeness (QED) is 0.481. The molecule has 4 rings (SSSR count). The Morgan fingerprint density at radius 1 is 1.21 bits per heavy atom. The number of aromatic nitrogens is 2. The largest absolute Gasteiger partial charge is 0.439 e. The molecule has 3 aromatic rings. The Hall–Kier alpha value is -2.74. The van der Waals surface area contributed by atoms with Gasteiger partial charge in [-0.25, -0.2) is 9.07 Å². The maximum Gasteiger partial charge on any atom is 0.227 e. The second-order valence-corrected chi connectivity index (χ2v) is 8.57. The molecular weight excluding hydrogens is 421 g/mol. The molecule has 176 valence electrons. The summed E-state index contributed by atoms with van der Waals surface area (Å²) >= 11 is 0. The molecule has 6 nitrogen and oxygen atoms in total. The van der Waals surface area contributed by atoms with Gasteiger partial charge in [0.2, 0.25) is 5.88 Å². The molecule has 0 saturated carbocycles. The zero-order chi connectivity index (χ0) is 23.2. The van der Waals surface area contributed by atoms with Gasteiger partial charge in [-0.1, -0.05) is 25.1 Å². The number of aliphatic hydroxyl groups excluding tert-OH is 1. The minimum atomic E-state index is -0.470. The lowest BCUT2D eigenvalue weighted by Crippen LogP contribution is -2.36. The van der Waals surface area contributed by atoms with Crippen LogP contribution in [0.5, 0.6) is 11.6 Å². The number of aryl methyl sites for hydroxylation is 1. The Labute approximate surface area is 194 Å². The third-order valence-corrected chi connectivity index (χ3v) is 5.77. The smallest absolute Gasteiger partial charge is 0.227 e. The van der Waals surface area contributed by atoms with Crippen molar-refractivity contribution in [1.82, 2.24) is 14.7 Å². The molecule has 1 fully saturated rings. The summed E-state index contributed by atoms with van der Waals surface area (Å²) in [5.41, 5.74) is 2.78. The van der Waals surface area contributed by atoms with Crippen molar-refractivity contribution in [2.24, 2.45) is 0 Å². The number of benzene rings is 2. The number of rotatable bonds is 10. The van der Waals surface area contributed by atoms with Crippen molar-refractivity contribution in [1.29, 1.82) is 0 Å². The summed E-state index contributed by atoms with van der Waals surface area (Å²) in [6.45, 7) is 6.49. The molecule has 2 atom stereocenters. The summed E-state index contributed by atoms with van der Waals surface area (Å²) in [5.74, 6) is 0.833. The van der Waals surface area contributed by atoms with Gasteiger partial charge < -0.3 is 14.6 Å². The zero-order valence-corrected chi connectivity index (χ0v) is 19.3. The van der Waals surface area contributed by atoms with Gasteiger partial charge in [-0.3, -0.25) is 4.90 Å². The first-order valence-corrected chi connectivity index (χ1v) is 11.6. The van der Waals surface area contributed by atoms with Crippen LogP contribution in [0.25, 0.3) is 5.69 Å². The molecule has 0 spiro atoms. The van der Waals surface area contributed by atoms with Gasteiger partial charge in [-0.05, 0) is 62.6 Å². The molecule has 7 heteroatoms. The highest BCUT2D eigenvalue weighted by Crippen LogP contribution is 2.32. The van der Waals surface area contributed by atoms with E-state index >= 15 is 0 Å². The molecule has 1 aliphatic heterocycles. The van der Waals surface area contributed by atoms with Gasteiger partial charge in [0.25, 0.3) is 0 Å². The van der Waals surface area contributed by atoms with Crippen LogP contribution in [-0.4, -0.2) is 51.7 Å². The molecule has 0 radical (unpaired) electrons. The lowest BCUT2D eigenvalue weighted by Gasteiger charge is -2.26. The van der Waals surface area contributed by atoms with Crippen molar-refractivity contribution in [2.45, 2.75) is 51.9 Å². The second-order valence-electron chi connectivity index (χ2n) is 8.57. The summed E-state index contributed by atoms with van der Waals surface area (Å²) in [4.78, 5) is 2.21. The Balaban J connectivity index is 1.72. The van der Waals surface area contributed by atoms with Gasteiger partial charge in [-0.2, -0.15) is 5.10 Å². The van der Waals surface area contributed by atoms with Crippen LogP contribution in [0.4, 0.5) is 4.39 Å². The molecule has 1 aromatic heterocycles. The summed E-state index contributed by atoms with van der Waals surface area (Å²) in [5, 5.41) is 15.0. The van der Waals surface area contributed by atoms with Gasteiger partial charge in [0.1, 0.15) is 11.6 Å². The molecule has 0 aliphatic carbocycles. The molecule has 33 heavy (non-hydrogen) atoms. The molecule has 1 saturated heterocycles. The summed E-state index contributed by atoms with van der Waals surface area (Å²) in [7, 11) is 0. The van der Waals surface area contributed by atoms with Crippen LogP contribution in [0.3, 0.4) is 0 Å². The molecule has 2 unspecified atom stereocenters. The Bertz CT molecular complexity index is 1020. The Morgan fingerprint density at radius 3 is 2.61 bits per heavy atom. The first-order valence-electron chi connectivity index (χ1n) is 11.6. The number of aliphatic hydroxyl groups is 1. The molecule has 0 bridgehead atoms. The first kappa shape index (κ1) is 23.4. The Kier molecular flexibility index (Phi) is 7.75. The average molecular weight is 454 g/mol. The zero-order valence-electron chi connectivity index (χ0n) is 19.3. The van der Waals surface area contributed by atoms with E-state index in [1.165, 1.54) is 12.1 Å². The van der Waals surface area contributed by atoms with Gasteiger partial charge in [-0.15, -0.1) is 0 Å². The van der Waals surface area contributed by atoms with Crippen molar-refractivity contribution in [3.05, 3.63) is 71.7 Å². The van der Waals surface area contributed by atoms with Crippen LogP contribution in [-0.2, 0) is 17.7 Å². The van der Waals surface area contributed by atoms with Crippen LogP contribution in [0.2, 0.25) is 0 Å². The fourth-order valence-electron chi connectivity index (χ4n) is 4.26. The second kappa shape index (κ2) is 10.9. The van der Waals surface area contributed by atoms with E-state index in [9.17, 15) is 9.50 Å². The van der Waals surface area contributed by atoms with Crippen molar-refractivity contribution < 1.29 is 19.0 Å². The van der Waals surface area contributed by atoms with Crippen molar-refractivity contribution >= 4 is 0 Å². The van der Waals surface area contributed by atoms with E-state index in [4.69, 9.17) is 14.6 Å². The van der Waals surface area contributed by atoms with E-state index in [0.29, 0.717) is 24.7 Å². The maximum absolute atomic E-state index is 13.5. The highest BCUT2D eigenvalue weighted by atomic mass is 19.1. The predicted octanol–water partition coefficient (Wildman–Crippen LogP) is 4.73. The average Bonchev–Trinajstić information content (AvgIpc) is 3.44.